The van der Waals surface area contributed by atoms with Crippen LogP contribution < -0.4 is 5.32 Å². The fourth-order valence-corrected chi connectivity index (χ4v) is 2.63. The van der Waals surface area contributed by atoms with E-state index in [0.717, 1.165) is 19.6 Å². The molecule has 0 radical (unpaired) electrons. The summed E-state index contributed by atoms with van der Waals surface area (Å²) < 4.78 is 0. The van der Waals surface area contributed by atoms with Crippen LogP contribution in [0, 0.1) is 0 Å². The third-order valence-electron chi connectivity index (χ3n) is 3.74. The number of hydrogen-bond donors (Lipinski definition) is 1. The van der Waals surface area contributed by atoms with Gasteiger partial charge in [0.1, 0.15) is 0 Å². The van der Waals surface area contributed by atoms with E-state index in [1.807, 2.05) is 6.08 Å². The van der Waals surface area contributed by atoms with Crippen LogP contribution in [0.5, 0.6) is 0 Å². The normalized spacial score (nSPS) is 17.8. The molecule has 2 nitrogen and oxygen atoms in total. The quantitative estimate of drug-likeness (QED) is 0.632. The summed E-state index contributed by atoms with van der Waals surface area (Å²) in [7, 11) is 0. The number of rotatable bonds is 5. The number of fused-ring (bicyclic) bond motifs is 1. The number of benzene rings is 1. The van der Waals surface area contributed by atoms with Crippen LogP contribution in [0.4, 0.5) is 0 Å². The van der Waals surface area contributed by atoms with E-state index in [4.69, 9.17) is 0 Å². The van der Waals surface area contributed by atoms with E-state index in [1.54, 1.807) is 0 Å². The summed E-state index contributed by atoms with van der Waals surface area (Å²) in [6.07, 6.45) is 4.41. The van der Waals surface area contributed by atoms with Crippen molar-refractivity contribution in [1.29, 1.82) is 0 Å². The maximum atomic E-state index is 3.74. The highest BCUT2D eigenvalue weighted by Gasteiger charge is 2.18. The van der Waals surface area contributed by atoms with Gasteiger partial charge in [-0.3, -0.25) is 4.90 Å². The van der Waals surface area contributed by atoms with Gasteiger partial charge in [0.2, 0.25) is 0 Å². The van der Waals surface area contributed by atoms with Crippen molar-refractivity contribution in [3.05, 3.63) is 48.0 Å². The maximum absolute atomic E-state index is 3.74. The molecule has 1 aromatic rings. The molecule has 0 bridgehead atoms. The van der Waals surface area contributed by atoms with Crippen LogP contribution in [0.1, 0.15) is 24.5 Å². The minimum absolute atomic E-state index is 0.580. The van der Waals surface area contributed by atoms with Gasteiger partial charge in [-0.25, -0.2) is 0 Å². The van der Waals surface area contributed by atoms with E-state index in [9.17, 15) is 0 Å². The third-order valence-corrected chi connectivity index (χ3v) is 3.74. The molecular weight excluding hydrogens is 220 g/mol. The molecule has 0 fully saturated rings. The molecule has 1 N–H and O–H groups in total. The van der Waals surface area contributed by atoms with E-state index in [1.165, 1.54) is 30.5 Å². The lowest BCUT2D eigenvalue weighted by atomic mass is 10.0. The number of aryl methyl sites for hydroxylation is 1. The summed E-state index contributed by atoms with van der Waals surface area (Å²) in [6, 6.07) is 9.44. The van der Waals surface area contributed by atoms with Gasteiger partial charge in [-0.1, -0.05) is 30.3 Å². The highest BCUT2D eigenvalue weighted by molar-refractivity contribution is 5.28. The molecule has 0 aromatic heterocycles. The zero-order chi connectivity index (χ0) is 12.8. The Morgan fingerprint density at radius 2 is 2.17 bits per heavy atom. The first-order valence-electron chi connectivity index (χ1n) is 6.93. The maximum Gasteiger partial charge on any atom is 0.0239 e. The van der Waals surface area contributed by atoms with Crippen molar-refractivity contribution in [2.45, 2.75) is 32.4 Å². The van der Waals surface area contributed by atoms with Crippen LogP contribution in [0.25, 0.3) is 0 Å². The Kier molecular flexibility index (Phi) is 4.97. The van der Waals surface area contributed by atoms with Gasteiger partial charge in [0.25, 0.3) is 0 Å². The van der Waals surface area contributed by atoms with E-state index in [2.05, 4.69) is 48.0 Å². The van der Waals surface area contributed by atoms with Crippen molar-refractivity contribution in [1.82, 2.24) is 10.2 Å². The predicted molar refractivity (Wildman–Crippen MR) is 77.7 cm³/mol. The molecule has 0 amide bonds. The Bertz CT molecular complexity index is 386. The Hall–Kier alpha value is -1.12. The predicted octanol–water partition coefficient (Wildman–Crippen LogP) is 2.60. The monoisotopic (exact) mass is 244 g/mol. The van der Waals surface area contributed by atoms with Crippen LogP contribution >= 0.6 is 0 Å². The molecule has 0 saturated carbocycles. The number of hydrogen-bond acceptors (Lipinski definition) is 2. The summed E-state index contributed by atoms with van der Waals surface area (Å²) in [6.45, 7) is 10.3. The molecule has 0 aliphatic carbocycles. The Morgan fingerprint density at radius 3 is 2.94 bits per heavy atom. The highest BCUT2D eigenvalue weighted by atomic mass is 15.2. The van der Waals surface area contributed by atoms with E-state index in [-0.39, 0.29) is 0 Å². The Labute approximate surface area is 111 Å². The summed E-state index contributed by atoms with van der Waals surface area (Å²) in [5, 5.41) is 3.42. The zero-order valence-electron chi connectivity index (χ0n) is 11.4. The average molecular weight is 244 g/mol. The molecular formula is C16H24N2. The molecule has 1 unspecified atom stereocenters. The van der Waals surface area contributed by atoms with Crippen molar-refractivity contribution in [3.63, 3.8) is 0 Å². The zero-order valence-corrected chi connectivity index (χ0v) is 11.4. The minimum Gasteiger partial charge on any atom is -0.312 e. The molecule has 1 aliphatic heterocycles. The van der Waals surface area contributed by atoms with Gasteiger partial charge in [-0.2, -0.15) is 0 Å². The van der Waals surface area contributed by atoms with Gasteiger partial charge in [-0.05, 0) is 37.4 Å². The van der Waals surface area contributed by atoms with Gasteiger partial charge in [0.15, 0.2) is 0 Å². The molecule has 1 aliphatic rings. The largest absolute Gasteiger partial charge is 0.312 e. The first-order chi connectivity index (χ1) is 8.81. The summed E-state index contributed by atoms with van der Waals surface area (Å²) >= 11 is 0. The molecule has 2 heteroatoms. The molecule has 18 heavy (non-hydrogen) atoms. The van der Waals surface area contributed by atoms with Gasteiger partial charge in [-0.15, -0.1) is 6.58 Å². The van der Waals surface area contributed by atoms with Crippen LogP contribution in [0.3, 0.4) is 0 Å². The standard InChI is InChI=1S/C16H24N2/c1-3-10-17-12-14(2)18-11-6-9-15-7-4-5-8-16(15)13-18/h3-5,7-8,14,17H,1,6,9-13H2,2H3. The van der Waals surface area contributed by atoms with Gasteiger partial charge < -0.3 is 5.32 Å². The van der Waals surface area contributed by atoms with Crippen LogP contribution in [-0.2, 0) is 13.0 Å². The molecule has 2 rings (SSSR count). The van der Waals surface area contributed by atoms with Crippen molar-refractivity contribution in [3.8, 4) is 0 Å². The second-order valence-corrected chi connectivity index (χ2v) is 5.14. The van der Waals surface area contributed by atoms with Crippen LogP contribution in [-0.4, -0.2) is 30.6 Å². The van der Waals surface area contributed by atoms with E-state index >= 15 is 0 Å². The van der Waals surface area contributed by atoms with Gasteiger partial charge in [0.05, 0.1) is 0 Å². The van der Waals surface area contributed by atoms with Crippen LogP contribution in [0.15, 0.2) is 36.9 Å². The van der Waals surface area contributed by atoms with Gasteiger partial charge in [0, 0.05) is 25.7 Å². The highest BCUT2D eigenvalue weighted by Crippen LogP contribution is 2.19. The fraction of sp³-hybridized carbons (Fsp3) is 0.500. The second kappa shape index (κ2) is 6.72. The SMILES string of the molecule is C=CCNCC(C)N1CCCc2ccccc2C1. The summed E-state index contributed by atoms with van der Waals surface area (Å²) in [4.78, 5) is 2.59. The first-order valence-corrected chi connectivity index (χ1v) is 6.93. The van der Waals surface area contributed by atoms with E-state index in [0.29, 0.717) is 6.04 Å². The fourth-order valence-electron chi connectivity index (χ4n) is 2.63. The Balaban J connectivity index is 1.96. The number of nitrogens with one attached hydrogen (secondary N) is 1. The van der Waals surface area contributed by atoms with Crippen LogP contribution in [0.2, 0.25) is 0 Å². The van der Waals surface area contributed by atoms with E-state index < -0.39 is 0 Å². The lowest BCUT2D eigenvalue weighted by molar-refractivity contribution is 0.200. The van der Waals surface area contributed by atoms with Crippen molar-refractivity contribution in [2.75, 3.05) is 19.6 Å². The lowest BCUT2D eigenvalue weighted by Gasteiger charge is -2.28. The molecule has 0 saturated heterocycles. The molecule has 0 spiro atoms. The molecule has 1 aromatic carbocycles. The topological polar surface area (TPSA) is 15.3 Å². The molecule has 1 atom stereocenters. The van der Waals surface area contributed by atoms with Crippen molar-refractivity contribution < 1.29 is 0 Å². The van der Waals surface area contributed by atoms with Crippen molar-refractivity contribution in [2.24, 2.45) is 0 Å². The number of nitrogens with zero attached hydrogens (tertiary/aromatic N) is 1. The summed E-state index contributed by atoms with van der Waals surface area (Å²) in [5.41, 5.74) is 3.04. The lowest BCUT2D eigenvalue weighted by Crippen LogP contribution is -2.40. The molecule has 1 heterocycles. The van der Waals surface area contributed by atoms with Gasteiger partial charge >= 0.3 is 0 Å². The Morgan fingerprint density at radius 1 is 1.39 bits per heavy atom. The average Bonchev–Trinajstić information content (AvgIpc) is 2.61. The minimum atomic E-state index is 0.580. The first kappa shape index (κ1) is 13.3. The summed E-state index contributed by atoms with van der Waals surface area (Å²) in [5.74, 6) is 0. The second-order valence-electron chi connectivity index (χ2n) is 5.14. The van der Waals surface area contributed by atoms with Crippen molar-refractivity contribution >= 4 is 0 Å². The smallest absolute Gasteiger partial charge is 0.0239 e. The third kappa shape index (κ3) is 3.44. The molecule has 98 valence electrons.